The first-order valence-electron chi connectivity index (χ1n) is 9.98. The van der Waals surface area contributed by atoms with Gasteiger partial charge in [-0.15, -0.1) is 0 Å². The van der Waals surface area contributed by atoms with Gasteiger partial charge in [-0.1, -0.05) is 41.1 Å². The van der Waals surface area contributed by atoms with Crippen LogP contribution in [0.3, 0.4) is 0 Å². The van der Waals surface area contributed by atoms with E-state index in [1.807, 2.05) is 12.1 Å². The van der Waals surface area contributed by atoms with Gasteiger partial charge in [0, 0.05) is 35.9 Å². The number of benzene rings is 2. The second-order valence-electron chi connectivity index (χ2n) is 7.25. The maximum Gasteiger partial charge on any atom is 0.417 e. The number of sulfonamides is 1. The van der Waals surface area contributed by atoms with E-state index < -0.39 is 21.8 Å². The molecule has 0 N–H and O–H groups in total. The number of alkyl halides is 3. The highest BCUT2D eigenvalue weighted by Gasteiger charge is 2.30. The van der Waals surface area contributed by atoms with Gasteiger partial charge in [-0.05, 0) is 47.5 Å². The lowest BCUT2D eigenvalue weighted by Gasteiger charge is -2.21. The average Bonchev–Trinajstić information content (AvgIpc) is 2.78. The van der Waals surface area contributed by atoms with Crippen LogP contribution in [0.25, 0.3) is 0 Å². The van der Waals surface area contributed by atoms with Gasteiger partial charge in [-0.3, -0.25) is 4.98 Å². The van der Waals surface area contributed by atoms with E-state index in [4.69, 9.17) is 4.74 Å². The van der Waals surface area contributed by atoms with Crippen molar-refractivity contribution in [1.82, 2.24) is 9.29 Å². The van der Waals surface area contributed by atoms with Crippen molar-refractivity contribution in [3.8, 4) is 5.75 Å². The van der Waals surface area contributed by atoms with E-state index in [0.717, 1.165) is 17.8 Å². The highest BCUT2D eigenvalue weighted by molar-refractivity contribution is 9.10. The number of methoxy groups -OCH3 is 1. The number of aromatic nitrogens is 1. The molecule has 0 unspecified atom stereocenters. The molecule has 0 saturated heterocycles. The zero-order chi connectivity index (χ0) is 24.2. The summed E-state index contributed by atoms with van der Waals surface area (Å²) in [7, 11) is -2.21. The third-order valence-corrected chi connectivity index (χ3v) is 7.71. The molecule has 2 aromatic carbocycles. The molecule has 176 valence electrons. The molecule has 0 bridgehead atoms. The van der Waals surface area contributed by atoms with Gasteiger partial charge in [-0.25, -0.2) is 8.42 Å². The minimum absolute atomic E-state index is 0.119. The summed E-state index contributed by atoms with van der Waals surface area (Å²) >= 11 is 3.39. The van der Waals surface area contributed by atoms with Crippen molar-refractivity contribution in [1.29, 1.82) is 0 Å². The first-order valence-corrected chi connectivity index (χ1v) is 12.2. The van der Waals surface area contributed by atoms with Crippen LogP contribution in [0, 0.1) is 0 Å². The van der Waals surface area contributed by atoms with Crippen LogP contribution in [0.1, 0.15) is 29.3 Å². The first kappa shape index (κ1) is 25.2. The van der Waals surface area contributed by atoms with Crippen LogP contribution in [0.2, 0.25) is 0 Å². The Labute approximate surface area is 199 Å². The van der Waals surface area contributed by atoms with E-state index in [1.165, 1.54) is 22.5 Å². The summed E-state index contributed by atoms with van der Waals surface area (Å²) in [6.45, 7) is 2.25. The molecule has 3 rings (SSSR count). The fourth-order valence-corrected chi connectivity index (χ4v) is 5.31. The van der Waals surface area contributed by atoms with Crippen LogP contribution in [0.15, 0.2) is 70.2 Å². The summed E-state index contributed by atoms with van der Waals surface area (Å²) in [6, 6.07) is 14.1. The molecule has 10 heteroatoms. The quantitative estimate of drug-likeness (QED) is 0.367. The van der Waals surface area contributed by atoms with Crippen LogP contribution in [0.4, 0.5) is 13.2 Å². The Morgan fingerprint density at radius 3 is 2.27 bits per heavy atom. The summed E-state index contributed by atoms with van der Waals surface area (Å²) in [6.07, 6.45) is -3.40. The lowest BCUT2D eigenvalue weighted by molar-refractivity contribution is -0.137. The van der Waals surface area contributed by atoms with Gasteiger partial charge in [0.2, 0.25) is 10.0 Å². The third kappa shape index (κ3) is 6.13. The molecule has 0 fully saturated rings. The first-order chi connectivity index (χ1) is 15.5. The van der Waals surface area contributed by atoms with Gasteiger partial charge in [0.05, 0.1) is 17.6 Å². The summed E-state index contributed by atoms with van der Waals surface area (Å²) in [4.78, 5) is 4.00. The predicted octanol–water partition coefficient (Wildman–Crippen LogP) is 5.67. The molecule has 0 spiro atoms. The minimum atomic E-state index is -4.45. The molecule has 0 radical (unpaired) electrons. The summed E-state index contributed by atoms with van der Waals surface area (Å²) in [5.41, 5.74) is 1.15. The normalized spacial score (nSPS) is 12.2. The molecule has 0 aliphatic rings. The lowest BCUT2D eigenvalue weighted by Crippen LogP contribution is -2.30. The third-order valence-electron chi connectivity index (χ3n) is 5.06. The highest BCUT2D eigenvalue weighted by Crippen LogP contribution is 2.30. The zero-order valence-electron chi connectivity index (χ0n) is 17.9. The Hall–Kier alpha value is -2.43. The summed E-state index contributed by atoms with van der Waals surface area (Å²) in [5, 5.41) is 0. The fourth-order valence-electron chi connectivity index (χ4n) is 3.17. The van der Waals surface area contributed by atoms with E-state index >= 15 is 0 Å². The lowest BCUT2D eigenvalue weighted by atomic mass is 10.1. The van der Waals surface area contributed by atoms with Gasteiger partial charge in [-0.2, -0.15) is 17.5 Å². The molecule has 0 atom stereocenters. The average molecular weight is 543 g/mol. The van der Waals surface area contributed by atoms with Crippen LogP contribution in [-0.4, -0.2) is 31.4 Å². The van der Waals surface area contributed by atoms with Gasteiger partial charge in [0.25, 0.3) is 0 Å². The van der Waals surface area contributed by atoms with Crippen molar-refractivity contribution in [2.24, 2.45) is 0 Å². The predicted molar refractivity (Wildman–Crippen MR) is 122 cm³/mol. The van der Waals surface area contributed by atoms with Crippen LogP contribution in [0.5, 0.6) is 5.75 Å². The van der Waals surface area contributed by atoms with Crippen LogP contribution < -0.4 is 4.74 Å². The summed E-state index contributed by atoms with van der Waals surface area (Å²) in [5.74, 6) is 0.687. The van der Waals surface area contributed by atoms with E-state index in [2.05, 4.69) is 20.9 Å². The number of nitrogens with zero attached hydrogens (tertiary/aromatic N) is 2. The van der Waals surface area contributed by atoms with Crippen molar-refractivity contribution in [2.45, 2.75) is 31.0 Å². The van der Waals surface area contributed by atoms with E-state index in [1.54, 1.807) is 32.2 Å². The van der Waals surface area contributed by atoms with E-state index in [9.17, 15) is 21.6 Å². The number of ether oxygens (including phenoxy) is 1. The Morgan fingerprint density at radius 2 is 1.76 bits per heavy atom. The number of hydrogen-bond acceptors (Lipinski definition) is 4. The van der Waals surface area contributed by atoms with Crippen molar-refractivity contribution < 1.29 is 26.3 Å². The second kappa shape index (κ2) is 10.2. The smallest absolute Gasteiger partial charge is 0.417 e. The maximum absolute atomic E-state index is 13.2. The zero-order valence-corrected chi connectivity index (χ0v) is 20.3. The van der Waals surface area contributed by atoms with Crippen molar-refractivity contribution >= 4 is 26.0 Å². The largest absolute Gasteiger partial charge is 0.497 e. The molecule has 0 aliphatic heterocycles. The van der Waals surface area contributed by atoms with Crippen LogP contribution in [-0.2, 0) is 29.2 Å². The summed E-state index contributed by atoms with van der Waals surface area (Å²) < 4.78 is 71.6. The number of rotatable bonds is 8. The molecule has 0 saturated carbocycles. The number of pyridine rings is 1. The molecule has 0 aliphatic carbocycles. The monoisotopic (exact) mass is 542 g/mol. The van der Waals surface area contributed by atoms with Crippen molar-refractivity contribution in [3.05, 3.63) is 87.7 Å². The Balaban J connectivity index is 1.78. The molecule has 0 amide bonds. The number of hydrogen-bond donors (Lipinski definition) is 0. The molecule has 1 aromatic heterocycles. The van der Waals surface area contributed by atoms with Gasteiger partial charge in [0.1, 0.15) is 5.75 Å². The van der Waals surface area contributed by atoms with Crippen molar-refractivity contribution in [2.75, 3.05) is 13.7 Å². The van der Waals surface area contributed by atoms with Crippen molar-refractivity contribution in [3.63, 3.8) is 0 Å². The topological polar surface area (TPSA) is 59.5 Å². The molecule has 3 aromatic rings. The second-order valence-corrected chi connectivity index (χ2v) is 10.0. The SMILES string of the molecule is CCN(Cc1ccc(OC)cc1)S(=O)(=O)c1ccc(Cc2ccc(C(F)(F)F)cn2)c(Br)c1. The van der Waals surface area contributed by atoms with E-state index in [0.29, 0.717) is 21.5 Å². The van der Waals surface area contributed by atoms with E-state index in [-0.39, 0.29) is 24.4 Å². The van der Waals surface area contributed by atoms with Gasteiger partial charge in [0.15, 0.2) is 0 Å². The number of halogens is 4. The van der Waals surface area contributed by atoms with Gasteiger partial charge < -0.3 is 4.74 Å². The van der Waals surface area contributed by atoms with Gasteiger partial charge >= 0.3 is 6.18 Å². The molecular formula is C23H22BrF3N2O3S. The minimum Gasteiger partial charge on any atom is -0.497 e. The molecular weight excluding hydrogens is 521 g/mol. The highest BCUT2D eigenvalue weighted by atomic mass is 79.9. The molecule has 5 nitrogen and oxygen atoms in total. The molecule has 1 heterocycles. The van der Waals surface area contributed by atoms with Crippen LogP contribution >= 0.6 is 15.9 Å². The fraction of sp³-hybridized carbons (Fsp3) is 0.261. The Kier molecular flexibility index (Phi) is 7.81. The maximum atomic E-state index is 13.2. The standard InChI is InChI=1S/C23H22BrF3N2O3S/c1-3-29(15-16-4-9-20(32-2)10-5-16)33(30,31)21-11-6-17(22(24)13-21)12-19-8-7-18(14-28-19)23(25,26)27/h4-11,13-14H,3,12,15H2,1-2H3. The Bertz CT molecular complexity index is 1200. The molecule has 33 heavy (non-hydrogen) atoms. The Morgan fingerprint density at radius 1 is 1.06 bits per heavy atom.